The summed E-state index contributed by atoms with van der Waals surface area (Å²) in [6, 6.07) is 3.99. The van der Waals surface area contributed by atoms with Gasteiger partial charge in [0.15, 0.2) is 5.65 Å². The third-order valence-corrected chi connectivity index (χ3v) is 4.84. The molecule has 0 fully saturated rings. The van der Waals surface area contributed by atoms with Gasteiger partial charge in [-0.2, -0.15) is 5.10 Å². The second kappa shape index (κ2) is 5.99. The van der Waals surface area contributed by atoms with Crippen LogP contribution in [0.2, 0.25) is 4.34 Å². The quantitative estimate of drug-likeness (QED) is 0.654. The minimum Gasteiger partial charge on any atom is -0.308 e. The SMILES string of the molecule is CCn1nc(C)c2nc(CCCl)n(Cc3ccc(Cl)s3)c21. The normalized spacial score (nSPS) is 11.6. The molecule has 0 unspecified atom stereocenters. The Kier molecular flexibility index (Phi) is 4.24. The summed E-state index contributed by atoms with van der Waals surface area (Å²) in [6.45, 7) is 5.66. The topological polar surface area (TPSA) is 35.6 Å². The Morgan fingerprint density at radius 1 is 1.33 bits per heavy atom. The van der Waals surface area contributed by atoms with Crippen molar-refractivity contribution < 1.29 is 0 Å². The van der Waals surface area contributed by atoms with Crippen molar-refractivity contribution >= 4 is 45.7 Å². The number of halogens is 2. The van der Waals surface area contributed by atoms with Gasteiger partial charge in [-0.05, 0) is 26.0 Å². The van der Waals surface area contributed by atoms with E-state index in [0.717, 1.165) is 46.5 Å². The maximum atomic E-state index is 6.04. The number of hydrogen-bond donors (Lipinski definition) is 0. The fraction of sp³-hybridized carbons (Fsp3) is 0.429. The van der Waals surface area contributed by atoms with Crippen LogP contribution in [-0.2, 0) is 19.5 Å². The molecule has 0 saturated heterocycles. The van der Waals surface area contributed by atoms with E-state index in [-0.39, 0.29) is 0 Å². The van der Waals surface area contributed by atoms with Crippen LogP contribution in [0.5, 0.6) is 0 Å². The summed E-state index contributed by atoms with van der Waals surface area (Å²) in [5, 5.41) is 4.55. The number of aryl methyl sites for hydroxylation is 3. The molecule has 0 N–H and O–H groups in total. The molecule has 0 bridgehead atoms. The first kappa shape index (κ1) is 14.9. The maximum absolute atomic E-state index is 6.04. The lowest BCUT2D eigenvalue weighted by molar-refractivity contribution is 0.637. The Hall–Kier alpha value is -1.04. The summed E-state index contributed by atoms with van der Waals surface area (Å²) in [6.07, 6.45) is 0.749. The molecule has 21 heavy (non-hydrogen) atoms. The zero-order valence-electron chi connectivity index (χ0n) is 11.9. The molecule has 3 rings (SSSR count). The average Bonchev–Trinajstić information content (AvgIpc) is 3.10. The smallest absolute Gasteiger partial charge is 0.159 e. The highest BCUT2D eigenvalue weighted by molar-refractivity contribution is 7.16. The Labute approximate surface area is 137 Å². The van der Waals surface area contributed by atoms with E-state index in [1.54, 1.807) is 11.3 Å². The molecular weight excluding hydrogens is 327 g/mol. The van der Waals surface area contributed by atoms with Gasteiger partial charge >= 0.3 is 0 Å². The van der Waals surface area contributed by atoms with Crippen LogP contribution in [0.15, 0.2) is 12.1 Å². The molecule has 4 nitrogen and oxygen atoms in total. The summed E-state index contributed by atoms with van der Waals surface area (Å²) in [7, 11) is 0. The van der Waals surface area contributed by atoms with Crippen LogP contribution in [0.4, 0.5) is 0 Å². The van der Waals surface area contributed by atoms with E-state index in [1.807, 2.05) is 17.7 Å². The van der Waals surface area contributed by atoms with Crippen molar-refractivity contribution in [2.24, 2.45) is 0 Å². The number of imidazole rings is 1. The molecule has 112 valence electrons. The number of thiophene rings is 1. The summed E-state index contributed by atoms with van der Waals surface area (Å²) in [5.41, 5.74) is 3.00. The lowest BCUT2D eigenvalue weighted by Gasteiger charge is -2.08. The molecule has 0 atom stereocenters. The van der Waals surface area contributed by atoms with Gasteiger partial charge in [0.1, 0.15) is 11.3 Å². The van der Waals surface area contributed by atoms with Gasteiger partial charge in [-0.15, -0.1) is 22.9 Å². The van der Waals surface area contributed by atoms with Gasteiger partial charge in [0, 0.05) is 23.7 Å². The molecular formula is C14H16Cl2N4S. The first-order valence-electron chi connectivity index (χ1n) is 6.86. The highest BCUT2D eigenvalue weighted by Gasteiger charge is 2.18. The Bertz CT molecular complexity index is 771. The van der Waals surface area contributed by atoms with Gasteiger partial charge in [0.25, 0.3) is 0 Å². The van der Waals surface area contributed by atoms with Crippen molar-refractivity contribution in [2.75, 3.05) is 5.88 Å². The monoisotopic (exact) mass is 342 g/mol. The lowest BCUT2D eigenvalue weighted by Crippen LogP contribution is -2.09. The number of nitrogens with zero attached hydrogens (tertiary/aromatic N) is 4. The molecule has 3 heterocycles. The summed E-state index contributed by atoms with van der Waals surface area (Å²) in [5.74, 6) is 1.57. The number of rotatable bonds is 5. The average molecular weight is 343 g/mol. The van der Waals surface area contributed by atoms with Gasteiger partial charge in [0.05, 0.1) is 16.6 Å². The molecule has 0 spiro atoms. The zero-order chi connectivity index (χ0) is 15.0. The molecule has 0 amide bonds. The molecule has 0 saturated carbocycles. The van der Waals surface area contributed by atoms with E-state index in [1.165, 1.54) is 4.88 Å². The lowest BCUT2D eigenvalue weighted by atomic mass is 10.4. The zero-order valence-corrected chi connectivity index (χ0v) is 14.3. The second-order valence-corrected chi connectivity index (χ2v) is 7.01. The fourth-order valence-electron chi connectivity index (χ4n) is 2.52. The second-order valence-electron chi connectivity index (χ2n) is 4.83. The van der Waals surface area contributed by atoms with E-state index in [4.69, 9.17) is 28.2 Å². The molecule has 0 aliphatic heterocycles. The number of alkyl halides is 1. The van der Waals surface area contributed by atoms with Crippen molar-refractivity contribution in [3.63, 3.8) is 0 Å². The molecule has 7 heteroatoms. The van der Waals surface area contributed by atoms with Crippen molar-refractivity contribution in [1.29, 1.82) is 0 Å². The highest BCUT2D eigenvalue weighted by Crippen LogP contribution is 2.26. The van der Waals surface area contributed by atoms with Crippen LogP contribution in [0, 0.1) is 6.92 Å². The van der Waals surface area contributed by atoms with Crippen LogP contribution >= 0.6 is 34.5 Å². The van der Waals surface area contributed by atoms with Crippen molar-refractivity contribution in [3.8, 4) is 0 Å². The van der Waals surface area contributed by atoms with Crippen LogP contribution in [0.25, 0.3) is 11.2 Å². The first-order valence-corrected chi connectivity index (χ1v) is 8.59. The van der Waals surface area contributed by atoms with E-state index >= 15 is 0 Å². The third-order valence-electron chi connectivity index (χ3n) is 3.44. The Balaban J connectivity index is 2.14. The van der Waals surface area contributed by atoms with Gasteiger partial charge < -0.3 is 4.57 Å². The van der Waals surface area contributed by atoms with E-state index in [9.17, 15) is 0 Å². The van der Waals surface area contributed by atoms with Crippen LogP contribution in [-0.4, -0.2) is 25.2 Å². The first-order chi connectivity index (χ1) is 10.1. The van der Waals surface area contributed by atoms with Crippen molar-refractivity contribution in [2.45, 2.75) is 33.4 Å². The molecule has 0 aliphatic carbocycles. The fourth-order valence-corrected chi connectivity index (χ4v) is 3.77. The third kappa shape index (κ3) is 2.70. The molecule has 3 aromatic heterocycles. The molecule has 0 radical (unpaired) electrons. The minimum absolute atomic E-state index is 0.559. The van der Waals surface area contributed by atoms with Crippen molar-refractivity contribution in [1.82, 2.24) is 19.3 Å². The number of fused-ring (bicyclic) bond motifs is 1. The van der Waals surface area contributed by atoms with Crippen LogP contribution in [0.3, 0.4) is 0 Å². The van der Waals surface area contributed by atoms with Gasteiger partial charge in [0.2, 0.25) is 0 Å². The van der Waals surface area contributed by atoms with Crippen LogP contribution < -0.4 is 0 Å². The highest BCUT2D eigenvalue weighted by atomic mass is 35.5. The summed E-state index contributed by atoms with van der Waals surface area (Å²) < 4.78 is 5.02. The van der Waals surface area contributed by atoms with Gasteiger partial charge in [-0.25, -0.2) is 9.67 Å². The predicted octanol–water partition coefficient (Wildman–Crippen LogP) is 4.11. The Morgan fingerprint density at radius 2 is 2.14 bits per heavy atom. The maximum Gasteiger partial charge on any atom is 0.159 e. The van der Waals surface area contributed by atoms with E-state index in [2.05, 4.69) is 22.7 Å². The molecule has 3 aromatic rings. The van der Waals surface area contributed by atoms with Crippen molar-refractivity contribution in [3.05, 3.63) is 32.9 Å². The van der Waals surface area contributed by atoms with E-state index < -0.39 is 0 Å². The molecule has 0 aromatic carbocycles. The Morgan fingerprint density at radius 3 is 2.76 bits per heavy atom. The predicted molar refractivity (Wildman–Crippen MR) is 88.8 cm³/mol. The van der Waals surface area contributed by atoms with E-state index in [0.29, 0.717) is 5.88 Å². The van der Waals surface area contributed by atoms with Crippen LogP contribution in [0.1, 0.15) is 23.3 Å². The summed E-state index contributed by atoms with van der Waals surface area (Å²) in [4.78, 5) is 5.95. The standard InChI is InChI=1S/C14H16Cl2N4S/c1-3-20-14-13(9(2)18-20)17-12(6-7-15)19(14)8-10-4-5-11(16)21-10/h4-5H,3,6-8H2,1-2H3. The number of hydrogen-bond acceptors (Lipinski definition) is 3. The van der Waals surface area contributed by atoms with Gasteiger partial charge in [-0.1, -0.05) is 11.6 Å². The number of aromatic nitrogens is 4. The molecule has 0 aliphatic rings. The minimum atomic E-state index is 0.559. The summed E-state index contributed by atoms with van der Waals surface area (Å²) >= 11 is 13.6. The van der Waals surface area contributed by atoms with Gasteiger partial charge in [-0.3, -0.25) is 0 Å². The largest absolute Gasteiger partial charge is 0.308 e.